The predicted octanol–water partition coefficient (Wildman–Crippen LogP) is 3.30. The molecule has 0 spiro atoms. The van der Waals surface area contributed by atoms with E-state index in [9.17, 15) is 9.59 Å². The van der Waals surface area contributed by atoms with Gasteiger partial charge in [-0.05, 0) is 11.6 Å². The average molecular weight is 368 g/mol. The molecule has 3 aromatic rings. The molecule has 0 atom stereocenters. The van der Waals surface area contributed by atoms with Crippen LogP contribution < -0.4 is 10.9 Å². The Bertz CT molecular complexity index is 971. The maximum absolute atomic E-state index is 12.5. The van der Waals surface area contributed by atoms with Crippen molar-refractivity contribution in [2.45, 2.75) is 32.7 Å². The van der Waals surface area contributed by atoms with E-state index >= 15 is 0 Å². The van der Waals surface area contributed by atoms with Gasteiger partial charge < -0.3 is 0 Å². The molecule has 0 saturated heterocycles. The number of carbonyl (C=O) groups is 1. The summed E-state index contributed by atoms with van der Waals surface area (Å²) in [5.74, 6) is -0.387. The van der Waals surface area contributed by atoms with Crippen molar-refractivity contribution < 1.29 is 4.79 Å². The van der Waals surface area contributed by atoms with Gasteiger partial charge in [0.05, 0.1) is 12.2 Å². The minimum absolute atomic E-state index is 0.0827. The van der Waals surface area contributed by atoms with Crippen molar-refractivity contribution >= 4 is 22.4 Å². The van der Waals surface area contributed by atoms with E-state index in [4.69, 9.17) is 0 Å². The Labute approximate surface area is 155 Å². The molecule has 0 fully saturated rings. The fourth-order valence-corrected chi connectivity index (χ4v) is 3.21. The number of anilines is 1. The van der Waals surface area contributed by atoms with Crippen molar-refractivity contribution in [2.75, 3.05) is 5.32 Å². The first-order chi connectivity index (χ1) is 12.3. The zero-order valence-electron chi connectivity index (χ0n) is 14.9. The van der Waals surface area contributed by atoms with Crippen LogP contribution in [0.2, 0.25) is 0 Å². The van der Waals surface area contributed by atoms with Crippen molar-refractivity contribution in [1.29, 1.82) is 0 Å². The summed E-state index contributed by atoms with van der Waals surface area (Å²) >= 11 is 1.37. The third kappa shape index (κ3) is 4.23. The molecule has 1 aromatic carbocycles. The molecule has 7 heteroatoms. The molecule has 0 aliphatic carbocycles. The molecule has 2 heterocycles. The van der Waals surface area contributed by atoms with Crippen LogP contribution in [0.3, 0.4) is 0 Å². The normalized spacial score (nSPS) is 11.3. The van der Waals surface area contributed by atoms with Crippen LogP contribution in [0.1, 0.15) is 42.5 Å². The second-order valence-corrected chi connectivity index (χ2v) is 7.80. The lowest BCUT2D eigenvalue weighted by Crippen LogP contribution is -2.26. The van der Waals surface area contributed by atoms with Gasteiger partial charge in [-0.3, -0.25) is 14.9 Å². The van der Waals surface area contributed by atoms with Crippen LogP contribution >= 0.6 is 11.3 Å². The number of thiazole rings is 1. The summed E-state index contributed by atoms with van der Waals surface area (Å²) in [4.78, 5) is 28.9. The molecule has 0 unspecified atom stereocenters. The van der Waals surface area contributed by atoms with Gasteiger partial charge in [-0.15, -0.1) is 11.3 Å². The summed E-state index contributed by atoms with van der Waals surface area (Å²) in [6.45, 7) is 6.50. The van der Waals surface area contributed by atoms with Crippen molar-refractivity contribution in [2.24, 2.45) is 0 Å². The number of amides is 1. The highest BCUT2D eigenvalue weighted by Crippen LogP contribution is 2.26. The molecule has 0 aliphatic heterocycles. The Morgan fingerprint density at radius 1 is 1.15 bits per heavy atom. The highest BCUT2D eigenvalue weighted by atomic mass is 32.1. The van der Waals surface area contributed by atoms with E-state index in [2.05, 4.69) is 36.2 Å². The van der Waals surface area contributed by atoms with Crippen LogP contribution in [-0.4, -0.2) is 20.7 Å². The summed E-state index contributed by atoms with van der Waals surface area (Å²) in [6.07, 6.45) is 0. The number of nitrogens with zero attached hydrogens (tertiary/aromatic N) is 3. The zero-order chi connectivity index (χ0) is 18.7. The van der Waals surface area contributed by atoms with E-state index in [-0.39, 0.29) is 22.6 Å². The Morgan fingerprint density at radius 3 is 2.54 bits per heavy atom. The smallest absolute Gasteiger partial charge is 0.277 e. The lowest BCUT2D eigenvalue weighted by Gasteiger charge is -2.14. The number of hydrogen-bond donors (Lipinski definition) is 1. The molecule has 6 nitrogen and oxygen atoms in total. The SMILES string of the molecule is CC(C)(C)c1csc(NC(=O)c2ccc(=O)n(Cc3ccccc3)n2)n1. The quantitative estimate of drug-likeness (QED) is 0.766. The fraction of sp³-hybridized carbons (Fsp3) is 0.263. The van der Waals surface area contributed by atoms with E-state index in [1.807, 2.05) is 35.7 Å². The van der Waals surface area contributed by atoms with Crippen molar-refractivity contribution in [3.63, 3.8) is 0 Å². The second kappa shape index (κ2) is 7.21. The molecule has 0 saturated carbocycles. The Morgan fingerprint density at radius 2 is 1.88 bits per heavy atom. The van der Waals surface area contributed by atoms with Gasteiger partial charge in [-0.1, -0.05) is 51.1 Å². The number of aromatic nitrogens is 3. The molecule has 1 N–H and O–H groups in total. The third-order valence-electron chi connectivity index (χ3n) is 3.77. The lowest BCUT2D eigenvalue weighted by atomic mass is 9.93. The zero-order valence-corrected chi connectivity index (χ0v) is 15.7. The molecule has 26 heavy (non-hydrogen) atoms. The third-order valence-corrected chi connectivity index (χ3v) is 4.53. The van der Waals surface area contributed by atoms with E-state index < -0.39 is 0 Å². The number of nitrogens with one attached hydrogen (secondary N) is 1. The highest BCUT2D eigenvalue weighted by Gasteiger charge is 2.19. The maximum Gasteiger partial charge on any atom is 0.277 e. The van der Waals surface area contributed by atoms with Crippen LogP contribution in [0.4, 0.5) is 5.13 Å². The van der Waals surface area contributed by atoms with Crippen LogP contribution in [0, 0.1) is 0 Å². The monoisotopic (exact) mass is 368 g/mol. The first-order valence-electron chi connectivity index (χ1n) is 8.22. The highest BCUT2D eigenvalue weighted by molar-refractivity contribution is 7.14. The summed E-state index contributed by atoms with van der Waals surface area (Å²) in [7, 11) is 0. The number of benzene rings is 1. The molecule has 134 valence electrons. The van der Waals surface area contributed by atoms with Crippen molar-refractivity contribution in [3.05, 3.63) is 75.1 Å². The number of carbonyl (C=O) groups excluding carboxylic acids is 1. The molecule has 0 aliphatic rings. The molecule has 1 amide bonds. The summed E-state index contributed by atoms with van der Waals surface area (Å²) < 4.78 is 1.28. The van der Waals surface area contributed by atoms with Crippen LogP contribution in [0.15, 0.2) is 52.6 Å². The topological polar surface area (TPSA) is 76.9 Å². The van der Waals surface area contributed by atoms with Gasteiger partial charge in [0.1, 0.15) is 5.69 Å². The summed E-state index contributed by atoms with van der Waals surface area (Å²) in [6, 6.07) is 12.3. The van der Waals surface area contributed by atoms with Crippen LogP contribution in [0.25, 0.3) is 0 Å². The van der Waals surface area contributed by atoms with Crippen LogP contribution in [0.5, 0.6) is 0 Å². The Kier molecular flexibility index (Phi) is 4.99. The largest absolute Gasteiger partial charge is 0.296 e. The summed E-state index contributed by atoms with van der Waals surface area (Å²) in [5, 5.41) is 9.39. The minimum Gasteiger partial charge on any atom is -0.296 e. The second-order valence-electron chi connectivity index (χ2n) is 6.94. The van der Waals surface area contributed by atoms with E-state index in [0.29, 0.717) is 11.7 Å². The number of hydrogen-bond acceptors (Lipinski definition) is 5. The lowest BCUT2D eigenvalue weighted by molar-refractivity contribution is 0.102. The molecule has 2 aromatic heterocycles. The molecule has 0 bridgehead atoms. The van der Waals surface area contributed by atoms with E-state index in [0.717, 1.165) is 11.3 Å². The van der Waals surface area contributed by atoms with Gasteiger partial charge in [0.25, 0.3) is 11.5 Å². The van der Waals surface area contributed by atoms with Gasteiger partial charge in [-0.25, -0.2) is 9.67 Å². The summed E-state index contributed by atoms with van der Waals surface area (Å²) in [5.41, 5.74) is 1.69. The Hall–Kier alpha value is -2.80. The fourth-order valence-electron chi connectivity index (χ4n) is 2.28. The minimum atomic E-state index is -0.387. The van der Waals surface area contributed by atoms with Crippen molar-refractivity contribution in [1.82, 2.24) is 14.8 Å². The standard InChI is InChI=1S/C19H20N4O2S/c1-19(2,3)15-12-26-18(20-15)21-17(25)14-9-10-16(24)23(22-14)11-13-7-5-4-6-8-13/h4-10,12H,11H2,1-3H3,(H,20,21,25). The molecular formula is C19H20N4O2S. The van der Waals surface area contributed by atoms with Gasteiger partial charge in [0.15, 0.2) is 5.13 Å². The number of rotatable bonds is 4. The first kappa shape index (κ1) is 18.0. The van der Waals surface area contributed by atoms with E-state index in [1.165, 1.54) is 28.2 Å². The molecule has 0 radical (unpaired) electrons. The average Bonchev–Trinajstić information content (AvgIpc) is 3.06. The molecule has 3 rings (SSSR count). The van der Waals surface area contributed by atoms with Gasteiger partial charge in [0.2, 0.25) is 0 Å². The van der Waals surface area contributed by atoms with E-state index in [1.54, 1.807) is 0 Å². The van der Waals surface area contributed by atoms with Gasteiger partial charge in [0, 0.05) is 16.9 Å². The maximum atomic E-state index is 12.5. The van der Waals surface area contributed by atoms with Gasteiger partial charge >= 0.3 is 0 Å². The first-order valence-corrected chi connectivity index (χ1v) is 9.10. The molecular weight excluding hydrogens is 348 g/mol. The van der Waals surface area contributed by atoms with Crippen molar-refractivity contribution in [3.8, 4) is 0 Å². The van der Waals surface area contributed by atoms with Crippen LogP contribution in [-0.2, 0) is 12.0 Å². The Balaban J connectivity index is 1.78. The van der Waals surface area contributed by atoms with Gasteiger partial charge in [-0.2, -0.15) is 5.10 Å². The predicted molar refractivity (Wildman–Crippen MR) is 103 cm³/mol.